The van der Waals surface area contributed by atoms with Gasteiger partial charge < -0.3 is 10.2 Å². The van der Waals surface area contributed by atoms with Crippen LogP contribution in [0.5, 0.6) is 0 Å². The number of alkyl halides is 3. The van der Waals surface area contributed by atoms with Crippen molar-refractivity contribution in [3.05, 3.63) is 70.8 Å². The van der Waals surface area contributed by atoms with Crippen molar-refractivity contribution in [1.29, 1.82) is 5.41 Å². The second-order valence-corrected chi connectivity index (χ2v) is 8.51. The number of hydrogen-bond acceptors (Lipinski definition) is 3. The highest BCUT2D eigenvalue weighted by molar-refractivity contribution is 6.33. The Morgan fingerprint density at radius 2 is 1.78 bits per heavy atom. The minimum atomic E-state index is -4.79. The number of carbonyl (C=O) groups is 1. The molecule has 0 saturated carbocycles. The third kappa shape index (κ3) is 5.51. The van der Waals surface area contributed by atoms with Crippen LogP contribution in [-0.2, 0) is 0 Å². The van der Waals surface area contributed by atoms with Crippen molar-refractivity contribution >= 4 is 34.6 Å². The summed E-state index contributed by atoms with van der Waals surface area (Å²) in [6.07, 6.45) is -2.14. The van der Waals surface area contributed by atoms with Crippen LogP contribution in [-0.4, -0.2) is 35.3 Å². The van der Waals surface area contributed by atoms with E-state index in [0.29, 0.717) is 34.3 Å². The summed E-state index contributed by atoms with van der Waals surface area (Å²) in [5.41, 5.74) is -0.154. The Balaban J connectivity index is 1.90. The van der Waals surface area contributed by atoms with Crippen LogP contribution in [0.1, 0.15) is 42.6 Å². The van der Waals surface area contributed by atoms with Crippen LogP contribution in [0.15, 0.2) is 54.6 Å². The van der Waals surface area contributed by atoms with E-state index in [1.54, 1.807) is 48.5 Å². The molecule has 1 unspecified atom stereocenters. The third-order valence-electron chi connectivity index (χ3n) is 5.51. The van der Waals surface area contributed by atoms with Crippen molar-refractivity contribution in [3.63, 3.8) is 0 Å². The number of nitrogens with one attached hydrogen (secondary N) is 2. The highest BCUT2D eigenvalue weighted by Crippen LogP contribution is 2.29. The standard InChI is InChI=1S/C24H25ClF3N3O/c1-15(2)21-8-5-13-31(21)23(32)17-11-9-16(10-12-17)20(14-22(29)24(26,27)28)30-19-7-4-3-6-18(19)25/h3-4,6-7,9-12,14-15,21,29-30H,5,8,13H2,1-2H3/b20-14-,29-22?. The minimum absolute atomic E-state index is 0.0562. The number of allylic oxidation sites excluding steroid dienone is 1. The molecule has 2 N–H and O–H groups in total. The molecule has 1 atom stereocenters. The van der Waals surface area contributed by atoms with Gasteiger partial charge in [-0.1, -0.05) is 49.7 Å². The predicted octanol–water partition coefficient (Wildman–Crippen LogP) is 6.64. The Hall–Kier alpha value is -2.80. The Kier molecular flexibility index (Phi) is 7.29. The summed E-state index contributed by atoms with van der Waals surface area (Å²) in [6, 6.07) is 13.2. The van der Waals surface area contributed by atoms with Crippen LogP contribution < -0.4 is 5.32 Å². The minimum Gasteiger partial charge on any atom is -0.354 e. The molecule has 2 aromatic carbocycles. The smallest absolute Gasteiger partial charge is 0.354 e. The molecule has 1 fully saturated rings. The second-order valence-electron chi connectivity index (χ2n) is 8.10. The Bertz CT molecular complexity index is 1020. The van der Waals surface area contributed by atoms with Gasteiger partial charge >= 0.3 is 6.18 Å². The largest absolute Gasteiger partial charge is 0.432 e. The molecule has 0 radical (unpaired) electrons. The Morgan fingerprint density at radius 1 is 1.16 bits per heavy atom. The molecular formula is C24H25ClF3N3O. The quantitative estimate of drug-likeness (QED) is 0.472. The maximum Gasteiger partial charge on any atom is 0.432 e. The number of hydrogen-bond donors (Lipinski definition) is 2. The molecular weight excluding hydrogens is 439 g/mol. The molecule has 1 aliphatic heterocycles. The number of benzene rings is 2. The van der Waals surface area contributed by atoms with Gasteiger partial charge in [-0.05, 0) is 54.7 Å². The fraction of sp³-hybridized carbons (Fsp3) is 0.333. The van der Waals surface area contributed by atoms with Gasteiger partial charge in [0.2, 0.25) is 0 Å². The Morgan fingerprint density at radius 3 is 2.38 bits per heavy atom. The molecule has 32 heavy (non-hydrogen) atoms. The first-order valence-electron chi connectivity index (χ1n) is 10.4. The lowest BCUT2D eigenvalue weighted by Crippen LogP contribution is -2.38. The van der Waals surface area contributed by atoms with Gasteiger partial charge in [0.1, 0.15) is 5.71 Å². The van der Waals surface area contributed by atoms with Gasteiger partial charge in [0.05, 0.1) is 10.7 Å². The summed E-state index contributed by atoms with van der Waals surface area (Å²) in [7, 11) is 0. The SMILES string of the molecule is CC(C)C1CCCN1C(=O)c1ccc(/C(=C/C(=N)C(F)(F)F)Nc2ccccc2Cl)cc1. The van der Waals surface area contributed by atoms with Crippen LogP contribution in [0, 0.1) is 11.3 Å². The summed E-state index contributed by atoms with van der Waals surface area (Å²) in [5, 5.41) is 10.6. The summed E-state index contributed by atoms with van der Waals surface area (Å²) in [5.74, 6) is 0.267. The lowest BCUT2D eigenvalue weighted by molar-refractivity contribution is -0.0583. The van der Waals surface area contributed by atoms with Gasteiger partial charge in [-0.3, -0.25) is 10.2 Å². The molecule has 0 aromatic heterocycles. The number of likely N-dealkylation sites (tertiary alicyclic amines) is 1. The van der Waals surface area contributed by atoms with Gasteiger partial charge in [-0.2, -0.15) is 13.2 Å². The summed E-state index contributed by atoms with van der Waals surface area (Å²) in [4.78, 5) is 14.9. The first-order valence-corrected chi connectivity index (χ1v) is 10.8. The van der Waals surface area contributed by atoms with Crippen LogP contribution in [0.25, 0.3) is 5.70 Å². The fourth-order valence-electron chi connectivity index (χ4n) is 3.82. The highest BCUT2D eigenvalue weighted by atomic mass is 35.5. The number of carbonyl (C=O) groups excluding carboxylic acids is 1. The normalized spacial score (nSPS) is 17.0. The molecule has 8 heteroatoms. The van der Waals surface area contributed by atoms with E-state index in [1.807, 2.05) is 4.90 Å². The van der Waals surface area contributed by atoms with Gasteiger partial charge in [-0.15, -0.1) is 0 Å². The zero-order valence-electron chi connectivity index (χ0n) is 17.8. The van der Waals surface area contributed by atoms with Crippen molar-refractivity contribution in [2.45, 2.75) is 38.9 Å². The zero-order valence-corrected chi connectivity index (χ0v) is 18.6. The van der Waals surface area contributed by atoms with Gasteiger partial charge in [0.15, 0.2) is 0 Å². The highest BCUT2D eigenvalue weighted by Gasteiger charge is 2.33. The average Bonchev–Trinajstić information content (AvgIpc) is 3.24. The predicted molar refractivity (Wildman–Crippen MR) is 122 cm³/mol. The van der Waals surface area contributed by atoms with Crippen molar-refractivity contribution in [1.82, 2.24) is 4.90 Å². The molecule has 1 aliphatic rings. The van der Waals surface area contributed by atoms with E-state index in [1.165, 1.54) is 0 Å². The van der Waals surface area contributed by atoms with E-state index < -0.39 is 11.9 Å². The third-order valence-corrected chi connectivity index (χ3v) is 5.84. The van der Waals surface area contributed by atoms with E-state index in [2.05, 4.69) is 19.2 Å². The first-order chi connectivity index (χ1) is 15.1. The fourth-order valence-corrected chi connectivity index (χ4v) is 4.00. The zero-order chi connectivity index (χ0) is 23.5. The van der Waals surface area contributed by atoms with Crippen LogP contribution >= 0.6 is 11.6 Å². The number of para-hydroxylation sites is 1. The van der Waals surface area contributed by atoms with Gasteiger partial charge in [0, 0.05) is 23.8 Å². The van der Waals surface area contributed by atoms with Crippen molar-refractivity contribution in [2.24, 2.45) is 5.92 Å². The van der Waals surface area contributed by atoms with E-state index in [9.17, 15) is 18.0 Å². The maximum absolute atomic E-state index is 13.0. The topological polar surface area (TPSA) is 56.2 Å². The molecule has 1 heterocycles. The molecule has 0 aliphatic carbocycles. The molecule has 1 saturated heterocycles. The summed E-state index contributed by atoms with van der Waals surface area (Å²) in [6.45, 7) is 4.88. The number of halogens is 4. The molecule has 1 amide bonds. The van der Waals surface area contributed by atoms with E-state index in [-0.39, 0.29) is 17.6 Å². The molecule has 0 bridgehead atoms. The van der Waals surface area contributed by atoms with Crippen molar-refractivity contribution in [2.75, 3.05) is 11.9 Å². The molecule has 3 rings (SSSR count). The number of anilines is 1. The van der Waals surface area contributed by atoms with E-state index >= 15 is 0 Å². The number of amides is 1. The lowest BCUT2D eigenvalue weighted by atomic mass is 10.0. The van der Waals surface area contributed by atoms with Crippen molar-refractivity contribution < 1.29 is 18.0 Å². The van der Waals surface area contributed by atoms with Crippen LogP contribution in [0.4, 0.5) is 18.9 Å². The lowest BCUT2D eigenvalue weighted by Gasteiger charge is -2.27. The Labute approximate surface area is 190 Å². The van der Waals surface area contributed by atoms with Crippen molar-refractivity contribution in [3.8, 4) is 0 Å². The van der Waals surface area contributed by atoms with E-state index in [4.69, 9.17) is 17.0 Å². The van der Waals surface area contributed by atoms with Crippen LogP contribution in [0.3, 0.4) is 0 Å². The van der Waals surface area contributed by atoms with Gasteiger partial charge in [0.25, 0.3) is 5.91 Å². The molecule has 2 aromatic rings. The molecule has 170 valence electrons. The summed E-state index contributed by atoms with van der Waals surface area (Å²) >= 11 is 6.15. The molecule has 4 nitrogen and oxygen atoms in total. The van der Waals surface area contributed by atoms with Gasteiger partial charge in [-0.25, -0.2) is 0 Å². The number of nitrogens with zero attached hydrogens (tertiary/aromatic N) is 1. The number of rotatable bonds is 6. The monoisotopic (exact) mass is 463 g/mol. The molecule has 0 spiro atoms. The first kappa shape index (κ1) is 23.9. The maximum atomic E-state index is 13.0. The average molecular weight is 464 g/mol. The van der Waals surface area contributed by atoms with E-state index in [0.717, 1.165) is 18.9 Å². The van der Waals surface area contributed by atoms with Crippen LogP contribution in [0.2, 0.25) is 5.02 Å². The summed E-state index contributed by atoms with van der Waals surface area (Å²) < 4.78 is 39.0. The second kappa shape index (κ2) is 9.77.